The maximum atomic E-state index is 12.6. The molecule has 1 heterocycles. The lowest BCUT2D eigenvalue weighted by atomic mass is 10.2. The number of methoxy groups -OCH3 is 2. The minimum Gasteiger partial charge on any atom is -0.497 e. The molecule has 0 radical (unpaired) electrons. The second-order valence-electron chi connectivity index (χ2n) is 7.40. The fourth-order valence-electron chi connectivity index (χ4n) is 3.73. The minimum absolute atomic E-state index is 0.170. The monoisotopic (exact) mass is 445 g/mol. The van der Waals surface area contributed by atoms with Gasteiger partial charge in [-0.1, -0.05) is 30.3 Å². The molecule has 0 unspecified atom stereocenters. The molecule has 0 aliphatic carbocycles. The molecule has 0 spiro atoms. The Balaban J connectivity index is 1.43. The number of amides is 1. The molecule has 1 amide bonds. The summed E-state index contributed by atoms with van der Waals surface area (Å²) in [5, 5.41) is 2.97. The van der Waals surface area contributed by atoms with E-state index in [4.69, 9.17) is 19.2 Å². The van der Waals surface area contributed by atoms with Crippen molar-refractivity contribution in [3.8, 4) is 17.2 Å². The number of para-hydroxylation sites is 3. The van der Waals surface area contributed by atoms with Crippen LogP contribution in [0.5, 0.6) is 17.2 Å². The summed E-state index contributed by atoms with van der Waals surface area (Å²) in [6.45, 7) is 1.57. The van der Waals surface area contributed by atoms with Crippen LogP contribution in [0.3, 0.4) is 0 Å². The number of rotatable bonds is 10. The average Bonchev–Trinajstić information content (AvgIpc) is 3.21. The summed E-state index contributed by atoms with van der Waals surface area (Å²) >= 11 is 0. The van der Waals surface area contributed by atoms with Gasteiger partial charge in [-0.3, -0.25) is 4.79 Å². The number of ether oxygens (including phenoxy) is 3. The zero-order valence-electron chi connectivity index (χ0n) is 18.8. The molecule has 0 aliphatic rings. The van der Waals surface area contributed by atoms with E-state index in [1.807, 2.05) is 60.7 Å². The highest BCUT2D eigenvalue weighted by molar-refractivity contribution is 5.96. The van der Waals surface area contributed by atoms with E-state index < -0.39 is 0 Å². The van der Waals surface area contributed by atoms with Crippen molar-refractivity contribution < 1.29 is 19.0 Å². The van der Waals surface area contributed by atoms with Gasteiger partial charge in [0.05, 0.1) is 37.4 Å². The highest BCUT2D eigenvalue weighted by atomic mass is 16.5. The molecule has 170 valence electrons. The van der Waals surface area contributed by atoms with Crippen LogP contribution in [0.15, 0.2) is 72.8 Å². The van der Waals surface area contributed by atoms with Crippen molar-refractivity contribution in [2.24, 2.45) is 0 Å². The molecule has 1 N–H and O–H groups in total. The average molecular weight is 446 g/mol. The lowest BCUT2D eigenvalue weighted by Gasteiger charge is -2.12. The molecule has 4 aromatic rings. The Bertz CT molecular complexity index is 1240. The van der Waals surface area contributed by atoms with Crippen LogP contribution in [-0.4, -0.2) is 42.8 Å². The number of nitrogens with one attached hydrogen (secondary N) is 1. The normalized spacial score (nSPS) is 10.7. The van der Waals surface area contributed by atoms with Crippen molar-refractivity contribution in [1.82, 2.24) is 14.9 Å². The van der Waals surface area contributed by atoms with Crippen molar-refractivity contribution in [2.45, 2.75) is 13.0 Å². The Morgan fingerprint density at radius 2 is 1.73 bits per heavy atom. The molecular weight excluding hydrogens is 418 g/mol. The first kappa shape index (κ1) is 22.2. The predicted molar refractivity (Wildman–Crippen MR) is 127 cm³/mol. The van der Waals surface area contributed by atoms with Gasteiger partial charge in [-0.25, -0.2) is 4.98 Å². The number of fused-ring (bicyclic) bond motifs is 1. The van der Waals surface area contributed by atoms with Gasteiger partial charge < -0.3 is 24.1 Å². The molecule has 7 nitrogen and oxygen atoms in total. The SMILES string of the molecule is COc1cccc(OCCn2c(CCNC(=O)c3ccccc3OC)nc3ccccc32)c1. The van der Waals surface area contributed by atoms with Crippen molar-refractivity contribution in [3.63, 3.8) is 0 Å². The zero-order valence-corrected chi connectivity index (χ0v) is 18.8. The standard InChI is InChI=1S/C26H27N3O4/c1-31-19-8-7-9-20(18-19)33-17-16-29-23-12-5-4-11-22(23)28-25(29)14-15-27-26(30)21-10-3-6-13-24(21)32-2/h3-13,18H,14-17H2,1-2H3,(H,27,30). The molecule has 0 saturated carbocycles. The first-order valence-electron chi connectivity index (χ1n) is 10.8. The Morgan fingerprint density at radius 1 is 0.939 bits per heavy atom. The maximum Gasteiger partial charge on any atom is 0.255 e. The molecule has 0 saturated heterocycles. The summed E-state index contributed by atoms with van der Waals surface area (Å²) in [6.07, 6.45) is 0.592. The topological polar surface area (TPSA) is 74.6 Å². The lowest BCUT2D eigenvalue weighted by molar-refractivity contribution is 0.0951. The fourth-order valence-corrected chi connectivity index (χ4v) is 3.73. The van der Waals surface area contributed by atoms with Crippen LogP contribution < -0.4 is 19.5 Å². The summed E-state index contributed by atoms with van der Waals surface area (Å²) in [7, 11) is 3.19. The number of aromatic nitrogens is 2. The van der Waals surface area contributed by atoms with Crippen molar-refractivity contribution in [2.75, 3.05) is 27.4 Å². The van der Waals surface area contributed by atoms with Gasteiger partial charge in [0.25, 0.3) is 5.91 Å². The van der Waals surface area contributed by atoms with Gasteiger partial charge in [0.2, 0.25) is 0 Å². The highest BCUT2D eigenvalue weighted by Crippen LogP contribution is 2.20. The number of imidazole rings is 1. The van der Waals surface area contributed by atoms with Crippen LogP contribution in [0.1, 0.15) is 16.2 Å². The van der Waals surface area contributed by atoms with Crippen LogP contribution in [0.25, 0.3) is 11.0 Å². The molecule has 0 fully saturated rings. The van der Waals surface area contributed by atoms with Crippen LogP contribution >= 0.6 is 0 Å². The third-order valence-electron chi connectivity index (χ3n) is 5.34. The number of hydrogen-bond donors (Lipinski definition) is 1. The maximum absolute atomic E-state index is 12.6. The number of hydrogen-bond acceptors (Lipinski definition) is 5. The number of carbonyl (C=O) groups is 1. The van der Waals surface area contributed by atoms with Crippen LogP contribution in [0.2, 0.25) is 0 Å². The third-order valence-corrected chi connectivity index (χ3v) is 5.34. The molecule has 0 atom stereocenters. The van der Waals surface area contributed by atoms with Crippen LogP contribution in [0.4, 0.5) is 0 Å². The van der Waals surface area contributed by atoms with Gasteiger partial charge in [0.1, 0.15) is 29.7 Å². The molecule has 1 aromatic heterocycles. The predicted octanol–water partition coefficient (Wildman–Crippen LogP) is 4.11. The molecule has 0 bridgehead atoms. The first-order valence-corrected chi connectivity index (χ1v) is 10.8. The number of nitrogens with zero attached hydrogens (tertiary/aromatic N) is 2. The van der Waals surface area contributed by atoms with E-state index >= 15 is 0 Å². The summed E-state index contributed by atoms with van der Waals surface area (Å²) < 4.78 is 18.6. The molecule has 4 rings (SSSR count). The van der Waals surface area contributed by atoms with E-state index in [1.165, 1.54) is 0 Å². The Labute approximate surface area is 192 Å². The molecule has 3 aromatic carbocycles. The van der Waals surface area contributed by atoms with E-state index in [2.05, 4.69) is 9.88 Å². The van der Waals surface area contributed by atoms with Crippen molar-refractivity contribution in [1.29, 1.82) is 0 Å². The Kier molecular flexibility index (Phi) is 7.09. The first-order chi connectivity index (χ1) is 16.2. The van der Waals surface area contributed by atoms with E-state index in [-0.39, 0.29) is 5.91 Å². The summed E-state index contributed by atoms with van der Waals surface area (Å²) in [6, 6.07) is 22.7. The van der Waals surface area contributed by atoms with Crippen LogP contribution in [-0.2, 0) is 13.0 Å². The van der Waals surface area contributed by atoms with Crippen molar-refractivity contribution >= 4 is 16.9 Å². The van der Waals surface area contributed by atoms with Gasteiger partial charge in [-0.05, 0) is 36.4 Å². The molecular formula is C26H27N3O4. The highest BCUT2D eigenvalue weighted by Gasteiger charge is 2.13. The summed E-state index contributed by atoms with van der Waals surface area (Å²) in [5.41, 5.74) is 2.47. The van der Waals surface area contributed by atoms with Gasteiger partial charge in [-0.2, -0.15) is 0 Å². The Morgan fingerprint density at radius 3 is 2.58 bits per heavy atom. The van der Waals surface area contributed by atoms with Crippen molar-refractivity contribution in [3.05, 3.63) is 84.2 Å². The number of carbonyl (C=O) groups excluding carboxylic acids is 1. The minimum atomic E-state index is -0.170. The largest absolute Gasteiger partial charge is 0.497 e. The fraction of sp³-hybridized carbons (Fsp3) is 0.231. The zero-order chi connectivity index (χ0) is 23.0. The summed E-state index contributed by atoms with van der Waals surface area (Å²) in [4.78, 5) is 17.4. The van der Waals surface area contributed by atoms with Gasteiger partial charge >= 0.3 is 0 Å². The quantitative estimate of drug-likeness (QED) is 0.398. The summed E-state index contributed by atoms with van der Waals surface area (Å²) in [5.74, 6) is 2.79. The second-order valence-corrected chi connectivity index (χ2v) is 7.40. The third kappa shape index (κ3) is 5.26. The van der Waals surface area contributed by atoms with E-state index in [1.54, 1.807) is 26.4 Å². The smallest absolute Gasteiger partial charge is 0.255 e. The lowest BCUT2D eigenvalue weighted by Crippen LogP contribution is -2.27. The Hall–Kier alpha value is -4.00. The van der Waals surface area contributed by atoms with E-state index in [0.29, 0.717) is 37.4 Å². The van der Waals surface area contributed by atoms with E-state index in [9.17, 15) is 4.79 Å². The van der Waals surface area contributed by atoms with E-state index in [0.717, 1.165) is 28.4 Å². The molecule has 33 heavy (non-hydrogen) atoms. The van der Waals surface area contributed by atoms with Gasteiger partial charge in [0, 0.05) is 19.0 Å². The molecule has 0 aliphatic heterocycles. The molecule has 7 heteroatoms. The second kappa shape index (κ2) is 10.5. The van der Waals surface area contributed by atoms with Gasteiger partial charge in [-0.15, -0.1) is 0 Å². The van der Waals surface area contributed by atoms with Crippen LogP contribution in [0, 0.1) is 0 Å². The van der Waals surface area contributed by atoms with Gasteiger partial charge in [0.15, 0.2) is 0 Å². The number of benzene rings is 3.